The molecule has 0 aromatic heterocycles. The Morgan fingerprint density at radius 3 is 1.89 bits per heavy atom. The number of rotatable bonds is 0. The van der Waals surface area contributed by atoms with Crippen molar-refractivity contribution in [1.82, 2.24) is 0 Å². The van der Waals surface area contributed by atoms with E-state index >= 15 is 0 Å². The lowest BCUT2D eigenvalue weighted by Gasteiger charge is -2.23. The summed E-state index contributed by atoms with van der Waals surface area (Å²) in [6.45, 7) is 1.33. The van der Waals surface area contributed by atoms with Gasteiger partial charge in [-0.3, -0.25) is 0 Å². The Morgan fingerprint density at radius 1 is 0.800 bits per heavy atom. The molecule has 2 unspecified atom stereocenters. The van der Waals surface area contributed by atoms with E-state index in [4.69, 9.17) is 0 Å². The Kier molecular flexibility index (Phi) is 6.46. The van der Waals surface area contributed by atoms with Crippen molar-refractivity contribution in [2.75, 3.05) is 0 Å². The number of nitriles is 4. The number of benzene rings is 1. The van der Waals surface area contributed by atoms with Crippen LogP contribution < -0.4 is 0 Å². The first-order chi connectivity index (χ1) is 16.4. The van der Waals surface area contributed by atoms with Gasteiger partial charge in [-0.05, 0) is 53.0 Å². The van der Waals surface area contributed by atoms with Crippen LogP contribution in [-0.2, 0) is 6.18 Å². The van der Waals surface area contributed by atoms with Crippen LogP contribution in [0.25, 0.3) is 5.57 Å². The van der Waals surface area contributed by atoms with Crippen LogP contribution in [0, 0.1) is 51.2 Å². The summed E-state index contributed by atoms with van der Waals surface area (Å²) in [4.78, 5) is 0. The van der Waals surface area contributed by atoms with E-state index in [1.807, 2.05) is 0 Å². The van der Waals surface area contributed by atoms with Gasteiger partial charge in [-0.1, -0.05) is 24.3 Å². The molecular weight excluding hydrogens is 470 g/mol. The van der Waals surface area contributed by atoms with Gasteiger partial charge in [-0.2, -0.15) is 47.4 Å². The molecule has 0 amide bonds. The number of alkyl halides is 6. The average Bonchev–Trinajstić information content (AvgIpc) is 3.12. The lowest BCUT2D eigenvalue weighted by molar-refractivity contribution is -0.137. The molecule has 0 spiro atoms. The van der Waals surface area contributed by atoms with Gasteiger partial charge in [0.2, 0.25) is 0 Å². The molecule has 4 nitrogen and oxygen atoms in total. The predicted molar refractivity (Wildman–Crippen MR) is 111 cm³/mol. The van der Waals surface area contributed by atoms with Crippen LogP contribution >= 0.6 is 0 Å². The van der Waals surface area contributed by atoms with E-state index in [0.717, 1.165) is 36.4 Å². The molecular formula is C25H12F6N4. The highest BCUT2D eigenvalue weighted by Crippen LogP contribution is 2.54. The van der Waals surface area contributed by atoms with Crippen molar-refractivity contribution >= 4 is 5.57 Å². The molecule has 0 fully saturated rings. The molecule has 35 heavy (non-hydrogen) atoms. The molecule has 1 aromatic rings. The molecule has 2 aliphatic rings. The number of fused-ring (bicyclic) bond motifs is 3. The Labute approximate surface area is 195 Å². The fourth-order valence-electron chi connectivity index (χ4n) is 4.27. The average molecular weight is 482 g/mol. The molecule has 1 aromatic carbocycles. The van der Waals surface area contributed by atoms with Crippen molar-refractivity contribution in [3.8, 4) is 24.3 Å². The van der Waals surface area contributed by atoms with Gasteiger partial charge in [0.15, 0.2) is 0 Å². The summed E-state index contributed by atoms with van der Waals surface area (Å²) < 4.78 is 81.3. The Balaban J connectivity index is 2.54. The zero-order chi connectivity index (χ0) is 26.1. The van der Waals surface area contributed by atoms with Gasteiger partial charge in [0.25, 0.3) is 0 Å². The lowest BCUT2D eigenvalue weighted by atomic mass is 9.78. The third kappa shape index (κ3) is 4.47. The van der Waals surface area contributed by atoms with Crippen molar-refractivity contribution in [3.63, 3.8) is 0 Å². The second-order valence-corrected chi connectivity index (χ2v) is 7.66. The first-order valence-corrected chi connectivity index (χ1v) is 9.83. The monoisotopic (exact) mass is 482 g/mol. The Hall–Kier alpha value is -4.54. The largest absolute Gasteiger partial charge is 0.416 e. The number of nitrogens with zero attached hydrogens (tertiary/aromatic N) is 4. The maximum atomic E-state index is 13.6. The summed E-state index contributed by atoms with van der Waals surface area (Å²) in [7, 11) is 0. The summed E-state index contributed by atoms with van der Waals surface area (Å²) in [6, 6.07) is 9.20. The second kappa shape index (κ2) is 9.01. The third-order valence-electron chi connectivity index (χ3n) is 5.74. The highest BCUT2D eigenvalue weighted by atomic mass is 19.4. The Bertz CT molecular complexity index is 1390. The number of hydrogen-bond acceptors (Lipinski definition) is 4. The van der Waals surface area contributed by atoms with Gasteiger partial charge in [0.05, 0.1) is 11.1 Å². The molecule has 2 aliphatic carbocycles. The van der Waals surface area contributed by atoms with Crippen LogP contribution in [0.4, 0.5) is 26.3 Å². The molecule has 0 N–H and O–H groups in total. The summed E-state index contributed by atoms with van der Waals surface area (Å²) in [5.74, 6) is -2.47. The molecule has 0 bridgehead atoms. The summed E-state index contributed by atoms with van der Waals surface area (Å²) >= 11 is 0. The fraction of sp³-hybridized carbons (Fsp3) is 0.200. The normalized spacial score (nSPS) is 23.2. The Morgan fingerprint density at radius 2 is 1.37 bits per heavy atom. The molecule has 2 atom stereocenters. The van der Waals surface area contributed by atoms with E-state index in [2.05, 4.69) is 0 Å². The van der Waals surface area contributed by atoms with E-state index in [1.54, 1.807) is 24.3 Å². The first-order valence-electron chi connectivity index (χ1n) is 9.83. The van der Waals surface area contributed by atoms with Crippen molar-refractivity contribution in [2.45, 2.75) is 25.2 Å². The fourth-order valence-corrected chi connectivity index (χ4v) is 4.27. The SMILES string of the molecule is C\C1=C/C=C(C(F)(F)F)\C=C\C2C(=C(C#N)C#N)c3ccc(C(F)(F)F)cc3C2C1=C(C#N)C#N. The van der Waals surface area contributed by atoms with Crippen LogP contribution in [0.2, 0.25) is 0 Å². The molecule has 10 heteroatoms. The highest BCUT2D eigenvalue weighted by Gasteiger charge is 2.43. The van der Waals surface area contributed by atoms with Crippen molar-refractivity contribution < 1.29 is 26.3 Å². The number of halogens is 6. The van der Waals surface area contributed by atoms with Gasteiger partial charge in [0.1, 0.15) is 35.4 Å². The molecule has 0 radical (unpaired) electrons. The van der Waals surface area contributed by atoms with Crippen LogP contribution in [-0.4, -0.2) is 6.18 Å². The van der Waals surface area contributed by atoms with Crippen LogP contribution in [0.5, 0.6) is 0 Å². The van der Waals surface area contributed by atoms with E-state index in [0.29, 0.717) is 6.08 Å². The minimum atomic E-state index is -4.80. The van der Waals surface area contributed by atoms with Crippen LogP contribution in [0.1, 0.15) is 29.5 Å². The molecule has 174 valence electrons. The second-order valence-electron chi connectivity index (χ2n) is 7.66. The maximum absolute atomic E-state index is 13.6. The van der Waals surface area contributed by atoms with E-state index in [-0.39, 0.29) is 27.8 Å². The van der Waals surface area contributed by atoms with Gasteiger partial charge >= 0.3 is 12.4 Å². The molecule has 0 heterocycles. The predicted octanol–water partition coefficient (Wildman–Crippen LogP) is 6.57. The maximum Gasteiger partial charge on any atom is 0.416 e. The third-order valence-corrected chi connectivity index (χ3v) is 5.74. The quantitative estimate of drug-likeness (QED) is 0.309. The number of hydrogen-bond donors (Lipinski definition) is 0. The van der Waals surface area contributed by atoms with E-state index in [9.17, 15) is 47.4 Å². The van der Waals surface area contributed by atoms with Gasteiger partial charge in [-0.15, -0.1) is 0 Å². The van der Waals surface area contributed by atoms with Crippen LogP contribution in [0.3, 0.4) is 0 Å². The van der Waals surface area contributed by atoms with Crippen molar-refractivity contribution in [1.29, 1.82) is 21.0 Å². The first kappa shape index (κ1) is 25.1. The summed E-state index contributed by atoms with van der Waals surface area (Å²) in [5, 5.41) is 38.2. The molecule has 0 saturated heterocycles. The van der Waals surface area contributed by atoms with Crippen LogP contribution in [0.15, 0.2) is 70.4 Å². The molecule has 3 rings (SSSR count). The molecule has 0 aliphatic heterocycles. The minimum absolute atomic E-state index is 0.0450. The topological polar surface area (TPSA) is 95.2 Å². The van der Waals surface area contributed by atoms with Crippen molar-refractivity contribution in [3.05, 3.63) is 87.1 Å². The van der Waals surface area contributed by atoms with Gasteiger partial charge in [-0.25, -0.2) is 0 Å². The zero-order valence-corrected chi connectivity index (χ0v) is 17.8. The lowest BCUT2D eigenvalue weighted by Crippen LogP contribution is -2.13. The standard InChI is InChI=1S/C25H12F6N4/c1-13-2-3-16(24(26,27)28)4-7-19-22(15(11-34)12-35)18-6-5-17(25(29,30)31)8-20(18)23(19)21(13)14(9-32)10-33/h2-8,19,23H,1H3/b7-4+,13-2+,16-3+. The minimum Gasteiger partial charge on any atom is -0.192 e. The smallest absolute Gasteiger partial charge is 0.192 e. The molecule has 0 saturated carbocycles. The number of allylic oxidation sites excluding steroid dienone is 10. The van der Waals surface area contributed by atoms with Gasteiger partial charge in [0, 0.05) is 11.8 Å². The zero-order valence-electron chi connectivity index (χ0n) is 17.8. The van der Waals surface area contributed by atoms with Gasteiger partial charge < -0.3 is 0 Å². The van der Waals surface area contributed by atoms with Crippen molar-refractivity contribution in [2.24, 2.45) is 5.92 Å². The summed E-state index contributed by atoms with van der Waals surface area (Å²) in [6.07, 6.45) is -6.05. The highest BCUT2D eigenvalue weighted by molar-refractivity contribution is 5.86. The van der Waals surface area contributed by atoms with E-state index in [1.165, 1.54) is 6.92 Å². The summed E-state index contributed by atoms with van der Waals surface area (Å²) in [5.41, 5.74) is -3.32. The van der Waals surface area contributed by atoms with E-state index < -0.39 is 46.5 Å².